The summed E-state index contributed by atoms with van der Waals surface area (Å²) < 4.78 is 61.1. The van der Waals surface area contributed by atoms with Crippen LogP contribution in [0.4, 0.5) is 0 Å². The molecule has 0 saturated heterocycles. The maximum atomic E-state index is 13.0. The first-order valence-corrected chi connectivity index (χ1v) is 42.7. The first-order chi connectivity index (χ1) is 51.2. The quantitative estimate of drug-likeness (QED) is 0.0146. The molecule has 0 heterocycles. The molecular weight excluding hydrogens is 1360 g/mol. The largest absolute Gasteiger partial charge is 0.472 e. The van der Waals surface area contributed by atoms with Crippen LogP contribution in [0.2, 0.25) is 0 Å². The van der Waals surface area contributed by atoms with Gasteiger partial charge in [-0.1, -0.05) is 292 Å². The molecule has 0 aromatic heterocycles. The third-order valence-electron chi connectivity index (χ3n) is 15.8. The molecule has 0 bridgehead atoms. The summed E-state index contributed by atoms with van der Waals surface area (Å²) in [5.74, 6) is -1.67. The van der Waals surface area contributed by atoms with Crippen LogP contribution >= 0.6 is 15.6 Å². The van der Waals surface area contributed by atoms with E-state index in [0.29, 0.717) is 19.3 Å². The topological polar surface area (TPSA) is 231 Å². The van der Waals surface area contributed by atoms with E-state index in [1.807, 2.05) is 0 Å². The van der Waals surface area contributed by atoms with Crippen LogP contribution in [0.5, 0.6) is 0 Å². The second-order valence-electron chi connectivity index (χ2n) is 25.7. The number of unbranched alkanes of at least 4 members (excludes halogenated alkanes) is 18. The first-order valence-electron chi connectivity index (χ1n) is 39.7. The van der Waals surface area contributed by atoms with Crippen LogP contribution in [-0.4, -0.2) is 95.9 Å². The van der Waals surface area contributed by atoms with E-state index in [1.165, 1.54) is 51.4 Å². The van der Waals surface area contributed by atoms with Crippen molar-refractivity contribution in [3.63, 3.8) is 0 Å². The van der Waals surface area contributed by atoms with Gasteiger partial charge in [-0.3, -0.25) is 32.5 Å². The van der Waals surface area contributed by atoms with Crippen molar-refractivity contribution in [1.29, 1.82) is 0 Å². The summed E-state index contributed by atoms with van der Waals surface area (Å²) in [6.07, 6.45) is 102. The highest BCUT2D eigenvalue weighted by atomic mass is 31.2. The smallest absolute Gasteiger partial charge is 0.463 e. The van der Waals surface area contributed by atoms with Crippen LogP contribution in [-0.2, 0) is 55.8 Å². The van der Waals surface area contributed by atoms with Crippen molar-refractivity contribution in [2.75, 3.05) is 39.6 Å². The van der Waals surface area contributed by atoms with Gasteiger partial charge in [0, 0.05) is 19.3 Å². The molecule has 0 aromatic carbocycles. The molecule has 5 unspecified atom stereocenters. The highest BCUT2D eigenvalue weighted by molar-refractivity contribution is 7.47. The maximum Gasteiger partial charge on any atom is 0.472 e. The lowest BCUT2D eigenvalue weighted by Crippen LogP contribution is -2.30. The van der Waals surface area contributed by atoms with E-state index in [4.69, 9.17) is 32.3 Å². The summed E-state index contributed by atoms with van der Waals surface area (Å²) in [5.41, 5.74) is 0. The van der Waals surface area contributed by atoms with Gasteiger partial charge in [0.2, 0.25) is 0 Å². The molecular formula is C87H140O16P2. The monoisotopic (exact) mass is 1500 g/mol. The molecule has 105 heavy (non-hydrogen) atoms. The van der Waals surface area contributed by atoms with Crippen LogP contribution < -0.4 is 0 Å². The second-order valence-corrected chi connectivity index (χ2v) is 28.6. The Kier molecular flexibility index (Phi) is 73.8. The van der Waals surface area contributed by atoms with E-state index in [2.05, 4.69) is 215 Å². The van der Waals surface area contributed by atoms with E-state index in [9.17, 15) is 43.5 Å². The minimum Gasteiger partial charge on any atom is -0.463 e. The summed E-state index contributed by atoms with van der Waals surface area (Å²) in [7, 11) is -9.83. The van der Waals surface area contributed by atoms with Gasteiger partial charge in [-0.05, 0) is 161 Å². The van der Waals surface area contributed by atoms with E-state index < -0.39 is 91.5 Å². The number of allylic oxidation sites excluding steroid dienone is 32. The van der Waals surface area contributed by atoms with Crippen molar-refractivity contribution in [3.8, 4) is 0 Å². The number of carbonyl (C=O) groups excluding carboxylic acids is 3. The number of aliphatic hydroxyl groups excluding tert-OH is 2. The Morgan fingerprint density at radius 3 is 0.771 bits per heavy atom. The van der Waals surface area contributed by atoms with Crippen molar-refractivity contribution in [2.24, 2.45) is 0 Å². The van der Waals surface area contributed by atoms with Gasteiger partial charge in [0.05, 0.1) is 26.4 Å². The summed E-state index contributed by atoms with van der Waals surface area (Å²) in [4.78, 5) is 58.7. The Balaban J connectivity index is 4.61. The Bertz CT molecular complexity index is 2690. The number of rotatable bonds is 73. The number of hydrogen-bond donors (Lipinski definition) is 4. The number of aliphatic hydroxyl groups is 2. The molecule has 0 aliphatic heterocycles. The Hall–Kier alpha value is -5.61. The zero-order chi connectivity index (χ0) is 76.6. The highest BCUT2D eigenvalue weighted by Gasteiger charge is 2.29. The van der Waals surface area contributed by atoms with Crippen molar-refractivity contribution >= 4 is 33.6 Å². The average molecular weight is 1500 g/mol. The number of esters is 3. The molecule has 0 fully saturated rings. The summed E-state index contributed by atoms with van der Waals surface area (Å²) >= 11 is 0. The predicted octanol–water partition coefficient (Wildman–Crippen LogP) is 23.5. The molecule has 0 aromatic rings. The number of phosphoric ester groups is 2. The lowest BCUT2D eigenvalue weighted by Gasteiger charge is -2.21. The minimum absolute atomic E-state index is 0.0591. The maximum absolute atomic E-state index is 13.0. The molecule has 0 aliphatic rings. The van der Waals surface area contributed by atoms with Gasteiger partial charge < -0.3 is 34.2 Å². The fourth-order valence-electron chi connectivity index (χ4n) is 9.86. The van der Waals surface area contributed by atoms with Gasteiger partial charge in [0.15, 0.2) is 6.10 Å². The zero-order valence-electron chi connectivity index (χ0n) is 64.8. The van der Waals surface area contributed by atoms with E-state index >= 15 is 0 Å². The van der Waals surface area contributed by atoms with Gasteiger partial charge in [-0.25, -0.2) is 9.13 Å². The Morgan fingerprint density at radius 2 is 0.476 bits per heavy atom. The zero-order valence-corrected chi connectivity index (χ0v) is 66.6. The van der Waals surface area contributed by atoms with Crippen LogP contribution in [0.3, 0.4) is 0 Å². The number of hydrogen-bond acceptors (Lipinski definition) is 14. The first kappa shape index (κ1) is 99.4. The molecule has 5 atom stereocenters. The van der Waals surface area contributed by atoms with Gasteiger partial charge in [-0.2, -0.15) is 0 Å². The summed E-state index contributed by atoms with van der Waals surface area (Å²) in [6.45, 7) is 2.23. The average Bonchev–Trinajstić information content (AvgIpc) is 0.917. The highest BCUT2D eigenvalue weighted by Crippen LogP contribution is 2.45. The molecule has 18 heteroatoms. The van der Waals surface area contributed by atoms with Crippen molar-refractivity contribution in [3.05, 3.63) is 194 Å². The third-order valence-corrected chi connectivity index (χ3v) is 17.7. The van der Waals surface area contributed by atoms with Crippen molar-refractivity contribution in [1.82, 2.24) is 0 Å². The summed E-state index contributed by atoms with van der Waals surface area (Å²) in [6, 6.07) is 0. The van der Waals surface area contributed by atoms with Crippen molar-refractivity contribution in [2.45, 2.75) is 296 Å². The third kappa shape index (κ3) is 79.3. The molecule has 0 radical (unpaired) electrons. The second kappa shape index (κ2) is 78.0. The predicted molar refractivity (Wildman–Crippen MR) is 435 cm³/mol. The van der Waals surface area contributed by atoms with Crippen molar-refractivity contribution < 1.29 is 75.8 Å². The lowest BCUT2D eigenvalue weighted by atomic mass is 10.0. The van der Waals surface area contributed by atoms with Gasteiger partial charge in [-0.15, -0.1) is 0 Å². The SMILES string of the molecule is CC/C=C\C/C=C\C/C=C\C/C=C\C/C=C\C/C=C\CCCCCCCCCCCCCCC(=O)OCC(O)COP(=O)(O)OCC(O)COP(=O)(O)OCC(COC(=O)CCCC/C=C\C/C=C\C/C=C\C/C=C\C/C=C\C/C=C\CC)OC(=O)CCCCCC/C=C\C/C=C\C/C=C\C/C=C\CC. The molecule has 594 valence electrons. The molecule has 0 saturated carbocycles. The minimum atomic E-state index is -4.96. The number of phosphoric acid groups is 2. The number of ether oxygens (including phenoxy) is 3. The van der Waals surface area contributed by atoms with Crippen LogP contribution in [0, 0.1) is 0 Å². The standard InChI is InChI=1S/C87H140O16P2/c1-4-7-10-13-16-19-22-25-28-31-33-35-36-37-38-39-40-41-42-43-44-46-48-50-52-55-58-61-64-67-70-73-85(90)97-76-82(88)77-99-104(93,94)100-78-83(89)79-101-105(95,96)102-81-84(103-87(92)75-72-69-66-63-60-57-54-49-30-27-24-21-18-15-12-9-6-3)80-98-86(91)74-71-68-65-62-59-56-53-51-47-45-34-32-29-26-23-20-17-14-11-8-5-2/h7-12,16-21,25-30,33-35,37-38,40-41,45,51,53-54,57,59,62,82-84,88-89H,4-6,13-15,22-24,31-32,36,39,42-44,46-50,52,55-56,58,60-61,63-81H2,1-3H3,(H,93,94)(H,95,96)/b10-7-,11-8-,12-9-,19-16-,20-17-,21-18-,28-25-,29-26-,30-27-,35-33-,38-37-,41-40-,45-34-,53-51-,57-54-,62-59-. The fraction of sp³-hybridized carbons (Fsp3) is 0.598. The van der Waals surface area contributed by atoms with Gasteiger partial charge in [0.1, 0.15) is 25.4 Å². The number of carbonyl (C=O) groups is 3. The Labute approximate surface area is 636 Å². The molecule has 0 rings (SSSR count). The van der Waals surface area contributed by atoms with Gasteiger partial charge >= 0.3 is 33.6 Å². The molecule has 0 spiro atoms. The fourth-order valence-corrected chi connectivity index (χ4v) is 11.4. The van der Waals surface area contributed by atoms with E-state index in [0.717, 1.165) is 167 Å². The molecule has 4 N–H and O–H groups in total. The Morgan fingerprint density at radius 1 is 0.267 bits per heavy atom. The molecule has 16 nitrogen and oxygen atoms in total. The van der Waals surface area contributed by atoms with Gasteiger partial charge in [0.25, 0.3) is 0 Å². The normalized spacial score (nSPS) is 15.0. The lowest BCUT2D eigenvalue weighted by molar-refractivity contribution is -0.161. The van der Waals surface area contributed by atoms with E-state index in [1.54, 1.807) is 0 Å². The van der Waals surface area contributed by atoms with Crippen LogP contribution in [0.15, 0.2) is 194 Å². The summed E-state index contributed by atoms with van der Waals surface area (Å²) in [5, 5.41) is 20.6. The molecule has 0 aliphatic carbocycles. The van der Waals surface area contributed by atoms with Crippen LogP contribution in [0.25, 0.3) is 0 Å². The van der Waals surface area contributed by atoms with E-state index in [-0.39, 0.29) is 19.3 Å². The molecule has 0 amide bonds. The van der Waals surface area contributed by atoms with Crippen LogP contribution in [0.1, 0.15) is 278 Å².